The standard InChI is InChI=1S/C23H28ClFO4S/c24-17-7-21(30(28)20-3-1-2-16(20)22(26)27)18(25)8-19(17)29-12-23-9-13-4-14(10-23)6-15(5-13)11-23/h7-8,13-16,20H,1-6,9-12H2,(H,26,27)/t13?,14?,15?,16-,20-,23?,30?/m1/s1. The molecule has 5 aliphatic rings. The lowest BCUT2D eigenvalue weighted by Crippen LogP contribution is -2.48. The maximum Gasteiger partial charge on any atom is 0.307 e. The molecule has 5 saturated carbocycles. The largest absolute Gasteiger partial charge is 0.491 e. The Bertz CT molecular complexity index is 853. The quantitative estimate of drug-likeness (QED) is 0.622. The Morgan fingerprint density at radius 3 is 2.40 bits per heavy atom. The lowest BCUT2D eigenvalue weighted by Gasteiger charge is -2.56. The van der Waals surface area contributed by atoms with Gasteiger partial charge in [0.1, 0.15) is 11.6 Å². The molecule has 6 rings (SSSR count). The van der Waals surface area contributed by atoms with Crippen LogP contribution in [0.15, 0.2) is 17.0 Å². The van der Waals surface area contributed by atoms with Crippen molar-refractivity contribution >= 4 is 28.4 Å². The van der Waals surface area contributed by atoms with Crippen LogP contribution in [0.3, 0.4) is 0 Å². The summed E-state index contributed by atoms with van der Waals surface area (Å²) in [5, 5.41) is 9.03. The maximum atomic E-state index is 14.9. The predicted octanol–water partition coefficient (Wildman–Crippen LogP) is 5.44. The Morgan fingerprint density at radius 1 is 1.17 bits per heavy atom. The Kier molecular flexibility index (Phi) is 5.37. The number of rotatable bonds is 6. The molecule has 164 valence electrons. The van der Waals surface area contributed by atoms with Gasteiger partial charge in [-0.1, -0.05) is 18.0 Å². The predicted molar refractivity (Wildman–Crippen MR) is 113 cm³/mol. The van der Waals surface area contributed by atoms with E-state index in [4.69, 9.17) is 16.3 Å². The van der Waals surface area contributed by atoms with Crippen molar-refractivity contribution < 1.29 is 23.2 Å². The molecule has 0 saturated heterocycles. The zero-order chi connectivity index (χ0) is 21.0. The molecule has 4 bridgehead atoms. The number of hydrogen-bond donors (Lipinski definition) is 1. The molecule has 0 amide bonds. The molecule has 0 radical (unpaired) electrons. The first-order valence-corrected chi connectivity index (χ1v) is 12.7. The van der Waals surface area contributed by atoms with Crippen molar-refractivity contribution in [2.24, 2.45) is 29.1 Å². The average molecular weight is 455 g/mol. The molecule has 3 atom stereocenters. The smallest absolute Gasteiger partial charge is 0.307 e. The lowest BCUT2D eigenvalue weighted by molar-refractivity contribution is -0.141. The molecule has 1 unspecified atom stereocenters. The van der Waals surface area contributed by atoms with Gasteiger partial charge < -0.3 is 9.84 Å². The van der Waals surface area contributed by atoms with Crippen molar-refractivity contribution in [3.8, 4) is 5.75 Å². The average Bonchev–Trinajstić information content (AvgIpc) is 3.17. The summed E-state index contributed by atoms with van der Waals surface area (Å²) in [5.74, 6) is 0.436. The van der Waals surface area contributed by atoms with Crippen molar-refractivity contribution in [3.63, 3.8) is 0 Å². The van der Waals surface area contributed by atoms with Crippen LogP contribution in [-0.2, 0) is 15.6 Å². The molecule has 30 heavy (non-hydrogen) atoms. The molecule has 1 aromatic carbocycles. The molecule has 5 fully saturated rings. The molecular weight excluding hydrogens is 427 g/mol. The Morgan fingerprint density at radius 2 is 1.80 bits per heavy atom. The second-order valence-corrected chi connectivity index (χ2v) is 12.2. The van der Waals surface area contributed by atoms with Gasteiger partial charge in [-0.15, -0.1) is 0 Å². The number of aliphatic carboxylic acids is 1. The van der Waals surface area contributed by atoms with Gasteiger partial charge in [-0.3, -0.25) is 9.00 Å². The van der Waals surface area contributed by atoms with Crippen LogP contribution < -0.4 is 4.74 Å². The van der Waals surface area contributed by atoms with E-state index in [1.165, 1.54) is 50.7 Å². The third kappa shape index (κ3) is 3.68. The Labute approximate surface area is 184 Å². The Hall–Kier alpha value is -1.14. The van der Waals surface area contributed by atoms with Gasteiger partial charge in [0.05, 0.1) is 38.5 Å². The van der Waals surface area contributed by atoms with Crippen LogP contribution in [-0.4, -0.2) is 27.1 Å². The fourth-order valence-corrected chi connectivity index (χ4v) is 9.13. The maximum absolute atomic E-state index is 14.9. The molecule has 1 aromatic rings. The molecular formula is C23H28ClFO4S. The molecule has 4 nitrogen and oxygen atoms in total. The van der Waals surface area contributed by atoms with E-state index < -0.39 is 33.8 Å². The van der Waals surface area contributed by atoms with Crippen LogP contribution in [0.5, 0.6) is 5.75 Å². The van der Waals surface area contributed by atoms with Gasteiger partial charge in [0.2, 0.25) is 0 Å². The van der Waals surface area contributed by atoms with E-state index in [1.807, 2.05) is 0 Å². The van der Waals surface area contributed by atoms with Gasteiger partial charge >= 0.3 is 5.97 Å². The minimum atomic E-state index is -1.75. The molecule has 7 heteroatoms. The summed E-state index contributed by atoms with van der Waals surface area (Å²) in [6, 6.07) is 2.61. The summed E-state index contributed by atoms with van der Waals surface area (Å²) < 4.78 is 33.9. The molecule has 0 aromatic heterocycles. The van der Waals surface area contributed by atoms with Gasteiger partial charge in [0.25, 0.3) is 0 Å². The Balaban J connectivity index is 1.31. The van der Waals surface area contributed by atoms with Gasteiger partial charge in [-0.2, -0.15) is 0 Å². The zero-order valence-corrected chi connectivity index (χ0v) is 18.5. The highest BCUT2D eigenvalue weighted by Gasteiger charge is 2.51. The first-order valence-electron chi connectivity index (χ1n) is 11.1. The van der Waals surface area contributed by atoms with Crippen LogP contribution in [0.1, 0.15) is 57.8 Å². The van der Waals surface area contributed by atoms with Crippen LogP contribution in [0.2, 0.25) is 5.02 Å². The third-order valence-corrected chi connectivity index (χ3v) is 10.1. The molecule has 5 aliphatic carbocycles. The second-order valence-electron chi connectivity index (χ2n) is 10.1. The van der Waals surface area contributed by atoms with E-state index in [2.05, 4.69) is 0 Å². The highest BCUT2D eigenvalue weighted by atomic mass is 35.5. The SMILES string of the molecule is O=C(O)[C@@H]1CCC[C@H]1S(=O)c1cc(Cl)c(OCC23CC4CC(CC(C4)C2)C3)cc1F. The normalized spacial score (nSPS) is 38.0. The van der Waals surface area contributed by atoms with Crippen molar-refractivity contribution in [1.29, 1.82) is 0 Å². The number of halogens is 2. The van der Waals surface area contributed by atoms with Gasteiger partial charge in [-0.25, -0.2) is 4.39 Å². The van der Waals surface area contributed by atoms with E-state index in [1.54, 1.807) is 0 Å². The van der Waals surface area contributed by atoms with Crippen molar-refractivity contribution in [1.82, 2.24) is 0 Å². The van der Waals surface area contributed by atoms with E-state index in [0.717, 1.165) is 17.8 Å². The van der Waals surface area contributed by atoms with Crippen LogP contribution in [0.4, 0.5) is 4.39 Å². The highest BCUT2D eigenvalue weighted by molar-refractivity contribution is 7.85. The number of benzene rings is 1. The van der Waals surface area contributed by atoms with E-state index in [-0.39, 0.29) is 15.3 Å². The number of ether oxygens (including phenoxy) is 1. The minimum Gasteiger partial charge on any atom is -0.491 e. The molecule has 1 N–H and O–H groups in total. The van der Waals surface area contributed by atoms with Crippen molar-refractivity contribution in [2.45, 2.75) is 67.9 Å². The van der Waals surface area contributed by atoms with Crippen LogP contribution in [0, 0.1) is 34.9 Å². The highest BCUT2D eigenvalue weighted by Crippen LogP contribution is 2.60. The summed E-state index contributed by atoms with van der Waals surface area (Å²) >= 11 is 6.40. The summed E-state index contributed by atoms with van der Waals surface area (Å²) in [4.78, 5) is 11.4. The number of carboxylic acid groups (broad SMARTS) is 1. The lowest BCUT2D eigenvalue weighted by atomic mass is 9.50. The number of hydrogen-bond acceptors (Lipinski definition) is 3. The monoisotopic (exact) mass is 454 g/mol. The molecule has 0 spiro atoms. The summed E-state index contributed by atoms with van der Waals surface area (Å²) in [7, 11) is -1.75. The fraction of sp³-hybridized carbons (Fsp3) is 0.696. The van der Waals surface area contributed by atoms with Crippen molar-refractivity contribution in [3.05, 3.63) is 23.0 Å². The van der Waals surface area contributed by atoms with E-state index in [9.17, 15) is 18.5 Å². The van der Waals surface area contributed by atoms with E-state index >= 15 is 0 Å². The van der Waals surface area contributed by atoms with Gasteiger partial charge in [-0.05, 0) is 75.2 Å². The van der Waals surface area contributed by atoms with Crippen LogP contribution in [0.25, 0.3) is 0 Å². The topological polar surface area (TPSA) is 63.6 Å². The van der Waals surface area contributed by atoms with Crippen molar-refractivity contribution in [2.75, 3.05) is 6.61 Å². The summed E-state index contributed by atoms with van der Waals surface area (Å²) in [6.07, 6.45) is 9.33. The number of carbonyl (C=O) groups is 1. The molecule has 0 aliphatic heterocycles. The van der Waals surface area contributed by atoms with Gasteiger partial charge in [0.15, 0.2) is 0 Å². The minimum absolute atomic E-state index is 0.0136. The first-order chi connectivity index (χ1) is 14.3. The van der Waals surface area contributed by atoms with Gasteiger partial charge in [0, 0.05) is 11.5 Å². The first kappa shape index (κ1) is 20.7. The van der Waals surface area contributed by atoms with E-state index in [0.29, 0.717) is 31.6 Å². The van der Waals surface area contributed by atoms with Crippen LogP contribution >= 0.6 is 11.6 Å². The summed E-state index contributed by atoms with van der Waals surface area (Å²) in [5.41, 5.74) is 0.189. The number of carboxylic acids is 1. The molecule has 0 heterocycles. The zero-order valence-electron chi connectivity index (χ0n) is 16.9. The second kappa shape index (κ2) is 7.77. The third-order valence-electron chi connectivity index (χ3n) is 7.95. The summed E-state index contributed by atoms with van der Waals surface area (Å²) in [6.45, 7) is 0.557. The fourth-order valence-electron chi connectivity index (χ4n) is 7.10.